The number of methoxy groups -OCH3 is 1. The standard InChI is InChI=1S/C12H13N3O2S/c1-3-18(16)10-5-4-6-13-12(10)9-7-11(17-2)15-8-14-9/h4-8H,3H2,1-2H3. The summed E-state index contributed by atoms with van der Waals surface area (Å²) in [5.74, 6) is 1.000. The molecule has 18 heavy (non-hydrogen) atoms. The third-order valence-electron chi connectivity index (χ3n) is 2.37. The summed E-state index contributed by atoms with van der Waals surface area (Å²) in [5.41, 5.74) is 1.22. The highest BCUT2D eigenvalue weighted by Gasteiger charge is 2.18. The van der Waals surface area contributed by atoms with E-state index in [4.69, 9.17) is 4.74 Å². The summed E-state index contributed by atoms with van der Waals surface area (Å²) < 4.78 is 17.0. The molecule has 0 aliphatic rings. The van der Waals surface area contributed by atoms with Crippen LogP contribution in [0.15, 0.2) is 35.6 Å². The highest BCUT2D eigenvalue weighted by molar-refractivity contribution is 7.91. The molecular weight excluding hydrogens is 250 g/mol. The lowest BCUT2D eigenvalue weighted by Crippen LogP contribution is -2.07. The van der Waals surface area contributed by atoms with Gasteiger partial charge in [-0.05, 0) is 30.2 Å². The summed E-state index contributed by atoms with van der Waals surface area (Å²) >= 11 is -1.07. The minimum Gasteiger partial charge on any atom is -0.611 e. The van der Waals surface area contributed by atoms with Gasteiger partial charge in [-0.2, -0.15) is 0 Å². The monoisotopic (exact) mass is 263 g/mol. The molecule has 0 radical (unpaired) electrons. The Morgan fingerprint density at radius 1 is 1.33 bits per heavy atom. The normalized spacial score (nSPS) is 12.2. The molecule has 1 unspecified atom stereocenters. The molecule has 2 aromatic heterocycles. The molecule has 0 amide bonds. The first-order chi connectivity index (χ1) is 8.76. The summed E-state index contributed by atoms with van der Waals surface area (Å²) in [4.78, 5) is 13.0. The van der Waals surface area contributed by atoms with Crippen LogP contribution in [0.5, 0.6) is 5.88 Å². The Hall–Kier alpha value is -1.66. The van der Waals surface area contributed by atoms with Crippen LogP contribution in [0.4, 0.5) is 0 Å². The first kappa shape index (κ1) is 12.8. The second kappa shape index (κ2) is 5.79. The van der Waals surface area contributed by atoms with Crippen molar-refractivity contribution in [1.29, 1.82) is 0 Å². The Morgan fingerprint density at radius 3 is 2.89 bits per heavy atom. The number of hydrogen-bond donors (Lipinski definition) is 0. The lowest BCUT2D eigenvalue weighted by molar-refractivity contribution is 0.397. The predicted molar refractivity (Wildman–Crippen MR) is 68.8 cm³/mol. The SMILES string of the molecule is CC[S+]([O-])c1cccnc1-c1cc(OC)ncn1. The summed E-state index contributed by atoms with van der Waals surface area (Å²) in [6, 6.07) is 5.25. The molecular formula is C12H13N3O2S. The third kappa shape index (κ3) is 2.60. The molecule has 6 heteroatoms. The second-order valence-corrected chi connectivity index (χ2v) is 5.14. The molecule has 0 saturated carbocycles. The van der Waals surface area contributed by atoms with E-state index in [1.807, 2.05) is 6.92 Å². The van der Waals surface area contributed by atoms with Crippen LogP contribution in [0.3, 0.4) is 0 Å². The van der Waals surface area contributed by atoms with Gasteiger partial charge in [0.15, 0.2) is 4.90 Å². The van der Waals surface area contributed by atoms with E-state index in [2.05, 4.69) is 15.0 Å². The van der Waals surface area contributed by atoms with Gasteiger partial charge in [0, 0.05) is 12.3 Å². The van der Waals surface area contributed by atoms with Gasteiger partial charge < -0.3 is 9.29 Å². The lowest BCUT2D eigenvalue weighted by atomic mass is 10.2. The van der Waals surface area contributed by atoms with Crippen LogP contribution in [-0.2, 0) is 11.2 Å². The Morgan fingerprint density at radius 2 is 2.17 bits per heavy atom. The summed E-state index contributed by atoms with van der Waals surface area (Å²) in [6.45, 7) is 1.87. The Kier molecular flexibility index (Phi) is 4.11. The van der Waals surface area contributed by atoms with Crippen LogP contribution in [0.1, 0.15) is 6.92 Å². The van der Waals surface area contributed by atoms with Crippen molar-refractivity contribution in [2.24, 2.45) is 0 Å². The highest BCUT2D eigenvalue weighted by atomic mass is 32.2. The molecule has 0 saturated heterocycles. The van der Waals surface area contributed by atoms with Crippen molar-refractivity contribution >= 4 is 11.2 Å². The van der Waals surface area contributed by atoms with Crippen molar-refractivity contribution in [2.45, 2.75) is 11.8 Å². The summed E-state index contributed by atoms with van der Waals surface area (Å²) in [7, 11) is 1.54. The van der Waals surface area contributed by atoms with Crippen LogP contribution in [0, 0.1) is 0 Å². The van der Waals surface area contributed by atoms with E-state index >= 15 is 0 Å². The van der Waals surface area contributed by atoms with Crippen LogP contribution < -0.4 is 4.74 Å². The molecule has 0 spiro atoms. The van der Waals surface area contributed by atoms with Gasteiger partial charge in [0.2, 0.25) is 5.88 Å². The van der Waals surface area contributed by atoms with Crippen molar-refractivity contribution in [3.63, 3.8) is 0 Å². The zero-order chi connectivity index (χ0) is 13.0. The molecule has 0 aliphatic carbocycles. The molecule has 0 N–H and O–H groups in total. The summed E-state index contributed by atoms with van der Waals surface area (Å²) in [6.07, 6.45) is 3.06. The van der Waals surface area contributed by atoms with Crippen molar-refractivity contribution in [1.82, 2.24) is 15.0 Å². The Balaban J connectivity index is 2.49. The molecule has 5 nitrogen and oxygen atoms in total. The van der Waals surface area contributed by atoms with Crippen molar-refractivity contribution < 1.29 is 9.29 Å². The molecule has 0 fully saturated rings. The van der Waals surface area contributed by atoms with Gasteiger partial charge in [-0.25, -0.2) is 15.0 Å². The molecule has 2 heterocycles. The van der Waals surface area contributed by atoms with Gasteiger partial charge in [0.05, 0.1) is 7.11 Å². The van der Waals surface area contributed by atoms with Crippen LogP contribution in [-0.4, -0.2) is 32.4 Å². The Bertz CT molecular complexity index is 536. The number of aromatic nitrogens is 3. The smallest absolute Gasteiger partial charge is 0.216 e. The predicted octanol–water partition coefficient (Wildman–Crippen LogP) is 1.67. The van der Waals surface area contributed by atoms with E-state index in [0.717, 1.165) is 0 Å². The topological polar surface area (TPSA) is 71.0 Å². The van der Waals surface area contributed by atoms with Gasteiger partial charge >= 0.3 is 0 Å². The molecule has 2 rings (SSSR count). The quantitative estimate of drug-likeness (QED) is 0.785. The molecule has 0 aliphatic heterocycles. The fourth-order valence-electron chi connectivity index (χ4n) is 1.50. The van der Waals surface area contributed by atoms with Crippen molar-refractivity contribution in [3.05, 3.63) is 30.7 Å². The molecule has 1 atom stereocenters. The van der Waals surface area contributed by atoms with Gasteiger partial charge in [-0.3, -0.25) is 0 Å². The average molecular weight is 263 g/mol. The van der Waals surface area contributed by atoms with E-state index in [0.29, 0.717) is 27.9 Å². The van der Waals surface area contributed by atoms with Gasteiger partial charge in [0.1, 0.15) is 23.5 Å². The Labute approximate surface area is 108 Å². The maximum Gasteiger partial charge on any atom is 0.216 e. The fraction of sp³-hybridized carbons (Fsp3) is 0.250. The molecule has 2 aromatic rings. The van der Waals surface area contributed by atoms with Crippen LogP contribution in [0.25, 0.3) is 11.4 Å². The maximum absolute atomic E-state index is 12.0. The van der Waals surface area contributed by atoms with Gasteiger partial charge in [-0.1, -0.05) is 0 Å². The second-order valence-electron chi connectivity index (χ2n) is 3.43. The lowest BCUT2D eigenvalue weighted by Gasteiger charge is -2.11. The van der Waals surface area contributed by atoms with Gasteiger partial charge in [-0.15, -0.1) is 0 Å². The summed E-state index contributed by atoms with van der Waals surface area (Å²) in [5, 5.41) is 0. The van der Waals surface area contributed by atoms with E-state index in [-0.39, 0.29) is 0 Å². The van der Waals surface area contributed by atoms with Crippen molar-refractivity contribution in [2.75, 3.05) is 12.9 Å². The molecule has 0 aromatic carbocycles. The van der Waals surface area contributed by atoms with Crippen molar-refractivity contribution in [3.8, 4) is 17.3 Å². The fourth-order valence-corrected chi connectivity index (χ4v) is 2.42. The number of rotatable bonds is 4. The number of hydrogen-bond acceptors (Lipinski definition) is 5. The largest absolute Gasteiger partial charge is 0.611 e. The van der Waals surface area contributed by atoms with Crippen LogP contribution >= 0.6 is 0 Å². The first-order valence-corrected chi connectivity index (χ1v) is 6.78. The third-order valence-corrected chi connectivity index (χ3v) is 3.72. The van der Waals surface area contributed by atoms with Gasteiger partial charge in [0.25, 0.3) is 0 Å². The van der Waals surface area contributed by atoms with E-state index in [9.17, 15) is 4.55 Å². The zero-order valence-corrected chi connectivity index (χ0v) is 11.0. The first-order valence-electron chi connectivity index (χ1n) is 5.46. The van der Waals surface area contributed by atoms with E-state index < -0.39 is 11.2 Å². The van der Waals surface area contributed by atoms with E-state index in [1.165, 1.54) is 13.4 Å². The number of ether oxygens (including phenoxy) is 1. The number of pyridine rings is 1. The zero-order valence-electron chi connectivity index (χ0n) is 10.2. The minimum atomic E-state index is -1.07. The molecule has 94 valence electrons. The van der Waals surface area contributed by atoms with E-state index in [1.54, 1.807) is 24.4 Å². The minimum absolute atomic E-state index is 0.457. The molecule has 0 bridgehead atoms. The average Bonchev–Trinajstić information content (AvgIpc) is 2.46. The number of nitrogens with zero attached hydrogens (tertiary/aromatic N) is 3. The highest BCUT2D eigenvalue weighted by Crippen LogP contribution is 2.25. The maximum atomic E-state index is 12.0. The van der Waals surface area contributed by atoms with Crippen LogP contribution in [0.2, 0.25) is 0 Å².